The molecule has 4 rings (SSSR count). The lowest BCUT2D eigenvalue weighted by atomic mass is 9.96. The van der Waals surface area contributed by atoms with Crippen molar-refractivity contribution in [3.8, 4) is 0 Å². The molecule has 0 spiro atoms. The first-order valence-electron chi connectivity index (χ1n) is 14.1. The van der Waals surface area contributed by atoms with Crippen LogP contribution >= 0.6 is 0 Å². The Morgan fingerprint density at radius 2 is 0.778 bits per heavy atom. The Morgan fingerprint density at radius 3 is 1.29 bits per heavy atom. The average Bonchev–Trinajstić information content (AvgIpc) is 3.02. The molecular weight excluding hydrogens is 624 g/mol. The molecule has 0 amide bonds. The van der Waals surface area contributed by atoms with Crippen molar-refractivity contribution in [2.24, 2.45) is 0 Å². The van der Waals surface area contributed by atoms with Crippen molar-refractivity contribution in [3.05, 3.63) is 0 Å². The van der Waals surface area contributed by atoms with Gasteiger partial charge >= 0.3 is 0 Å². The number of hydrogen-bond donors (Lipinski definition) is 14. The normalized spacial score (nSPS) is 52.9. The second kappa shape index (κ2) is 15.6. The van der Waals surface area contributed by atoms with Crippen molar-refractivity contribution < 1.29 is 105 Å². The molecular formula is C24H42O21. The SMILES string of the molecule is OC[C@H]1O[C@H](O[C@@H]2[C@@H](O)[C@@H](OC[C@H]3O[C@H](O[C@H]4[C@H](O)[C@@H](CO)OC(O)[C@@H]4O)[C@H](O)[C@@H](O)[C@@H]3O)O[C@H](CO)[C@H]2O)[C@H](O)[C@@H](O)[C@@H]1O. The number of aliphatic hydroxyl groups excluding tert-OH is 14. The van der Waals surface area contributed by atoms with Gasteiger partial charge in [-0.15, -0.1) is 0 Å². The number of aliphatic hydroxyl groups is 14. The molecule has 264 valence electrons. The Hall–Kier alpha value is -0.840. The molecule has 4 heterocycles. The van der Waals surface area contributed by atoms with Crippen LogP contribution in [0.25, 0.3) is 0 Å². The maximum atomic E-state index is 10.9. The molecule has 0 aliphatic carbocycles. The predicted molar refractivity (Wildman–Crippen MR) is 134 cm³/mol. The van der Waals surface area contributed by atoms with E-state index in [0.29, 0.717) is 0 Å². The molecule has 0 aromatic heterocycles. The average molecular weight is 667 g/mol. The smallest absolute Gasteiger partial charge is 0.187 e. The van der Waals surface area contributed by atoms with Gasteiger partial charge in [-0.1, -0.05) is 0 Å². The number of rotatable bonds is 10. The highest BCUT2D eigenvalue weighted by molar-refractivity contribution is 4.96. The molecule has 4 aliphatic rings. The van der Waals surface area contributed by atoms with Crippen molar-refractivity contribution in [1.29, 1.82) is 0 Å². The maximum absolute atomic E-state index is 10.9. The predicted octanol–water partition coefficient (Wildman–Crippen LogP) is -9.75. The fourth-order valence-electron chi connectivity index (χ4n) is 5.43. The molecule has 14 N–H and O–H groups in total. The van der Waals surface area contributed by atoms with Crippen LogP contribution in [0.2, 0.25) is 0 Å². The first kappa shape index (κ1) is 37.0. The van der Waals surface area contributed by atoms with Gasteiger partial charge in [-0.3, -0.25) is 0 Å². The third-order valence-corrected chi connectivity index (χ3v) is 8.19. The molecule has 0 saturated carbocycles. The van der Waals surface area contributed by atoms with Crippen LogP contribution in [0.1, 0.15) is 0 Å². The Bertz CT molecular complexity index is 916. The fourth-order valence-corrected chi connectivity index (χ4v) is 5.43. The molecule has 4 saturated heterocycles. The number of hydrogen-bond acceptors (Lipinski definition) is 21. The molecule has 0 aromatic carbocycles. The van der Waals surface area contributed by atoms with Crippen molar-refractivity contribution in [3.63, 3.8) is 0 Å². The first-order chi connectivity index (χ1) is 21.2. The van der Waals surface area contributed by atoms with E-state index in [2.05, 4.69) is 0 Å². The zero-order valence-corrected chi connectivity index (χ0v) is 23.5. The Balaban J connectivity index is 1.44. The van der Waals surface area contributed by atoms with E-state index in [-0.39, 0.29) is 0 Å². The van der Waals surface area contributed by atoms with Crippen molar-refractivity contribution in [2.75, 3.05) is 26.4 Å². The van der Waals surface area contributed by atoms with E-state index in [1.807, 2.05) is 0 Å². The second-order valence-corrected chi connectivity index (χ2v) is 11.2. The molecule has 1 unspecified atom stereocenters. The van der Waals surface area contributed by atoms with Gasteiger partial charge in [-0.25, -0.2) is 0 Å². The van der Waals surface area contributed by atoms with Gasteiger partial charge in [0.25, 0.3) is 0 Å². The monoisotopic (exact) mass is 666 g/mol. The quantitative estimate of drug-likeness (QED) is 0.103. The molecule has 21 nitrogen and oxygen atoms in total. The van der Waals surface area contributed by atoms with E-state index >= 15 is 0 Å². The van der Waals surface area contributed by atoms with E-state index in [9.17, 15) is 71.5 Å². The van der Waals surface area contributed by atoms with E-state index in [0.717, 1.165) is 0 Å². The standard InChI is InChI=1S/C24H42O21/c25-1-5-9(28)13(32)15(34)23(42-5)45-20-12(31)7(3-27)41-22(18(20)37)39-4-8-10(29)14(33)16(35)24(43-8)44-19-11(30)6(2-26)40-21(38)17(19)36/h5-38H,1-4H2/t5-,6-,7-,8-,9-,10-,11-,12-,13+,14+,15-,16-,17-,18-,19+,20+,21?,22+,23-,24-/m1/s1. The molecule has 20 atom stereocenters. The minimum atomic E-state index is -1.97. The minimum absolute atomic E-state index is 0.742. The second-order valence-electron chi connectivity index (χ2n) is 11.2. The fraction of sp³-hybridized carbons (Fsp3) is 1.00. The van der Waals surface area contributed by atoms with Gasteiger partial charge < -0.3 is 105 Å². The molecule has 0 aromatic rings. The largest absolute Gasteiger partial charge is 0.394 e. The van der Waals surface area contributed by atoms with E-state index in [1.165, 1.54) is 0 Å². The zero-order chi connectivity index (χ0) is 33.3. The summed E-state index contributed by atoms with van der Waals surface area (Å²) in [5.74, 6) is 0. The summed E-state index contributed by atoms with van der Waals surface area (Å²) in [6.07, 6.45) is -35.3. The van der Waals surface area contributed by atoms with Crippen molar-refractivity contribution in [1.82, 2.24) is 0 Å². The minimum Gasteiger partial charge on any atom is -0.394 e. The summed E-state index contributed by atoms with van der Waals surface area (Å²) >= 11 is 0. The number of ether oxygens (including phenoxy) is 7. The lowest BCUT2D eigenvalue weighted by molar-refractivity contribution is -0.372. The third-order valence-electron chi connectivity index (χ3n) is 8.19. The summed E-state index contributed by atoms with van der Waals surface area (Å²) in [4.78, 5) is 0. The summed E-state index contributed by atoms with van der Waals surface area (Å²) in [5, 5.41) is 142. The molecule has 4 aliphatic heterocycles. The summed E-state index contributed by atoms with van der Waals surface area (Å²) in [6, 6.07) is 0. The van der Waals surface area contributed by atoms with E-state index in [4.69, 9.17) is 33.2 Å². The molecule has 4 fully saturated rings. The van der Waals surface area contributed by atoms with Crippen LogP contribution in [0.15, 0.2) is 0 Å². The lowest BCUT2D eigenvalue weighted by Crippen LogP contribution is -2.66. The van der Waals surface area contributed by atoms with Gasteiger partial charge in [-0.2, -0.15) is 0 Å². The topological polar surface area (TPSA) is 348 Å². The molecule has 0 bridgehead atoms. The van der Waals surface area contributed by atoms with Crippen LogP contribution in [0.5, 0.6) is 0 Å². The van der Waals surface area contributed by atoms with Gasteiger partial charge in [0.15, 0.2) is 25.2 Å². The van der Waals surface area contributed by atoms with Gasteiger partial charge in [0.05, 0.1) is 26.4 Å². The van der Waals surface area contributed by atoms with Gasteiger partial charge in [0.1, 0.15) is 97.7 Å². The molecule has 45 heavy (non-hydrogen) atoms. The maximum Gasteiger partial charge on any atom is 0.187 e. The van der Waals surface area contributed by atoms with E-state index < -0.39 is 149 Å². The lowest BCUT2D eigenvalue weighted by Gasteiger charge is -2.47. The summed E-state index contributed by atoms with van der Waals surface area (Å²) in [5.41, 5.74) is 0. The highest BCUT2D eigenvalue weighted by atomic mass is 16.8. The Morgan fingerprint density at radius 1 is 0.378 bits per heavy atom. The Kier molecular flexibility index (Phi) is 12.8. The van der Waals surface area contributed by atoms with Crippen LogP contribution in [0.4, 0.5) is 0 Å². The first-order valence-corrected chi connectivity index (χ1v) is 14.1. The van der Waals surface area contributed by atoms with E-state index in [1.54, 1.807) is 0 Å². The van der Waals surface area contributed by atoms with Gasteiger partial charge in [-0.05, 0) is 0 Å². The van der Waals surface area contributed by atoms with Crippen LogP contribution in [0.3, 0.4) is 0 Å². The highest BCUT2D eigenvalue weighted by Crippen LogP contribution is 2.32. The Labute approximate surface area is 254 Å². The highest BCUT2D eigenvalue weighted by Gasteiger charge is 2.53. The van der Waals surface area contributed by atoms with Crippen LogP contribution in [0, 0.1) is 0 Å². The third kappa shape index (κ3) is 7.59. The zero-order valence-electron chi connectivity index (χ0n) is 23.5. The molecule has 21 heteroatoms. The molecule has 0 radical (unpaired) electrons. The van der Waals surface area contributed by atoms with Gasteiger partial charge in [0.2, 0.25) is 0 Å². The van der Waals surface area contributed by atoms with Crippen molar-refractivity contribution >= 4 is 0 Å². The van der Waals surface area contributed by atoms with Crippen LogP contribution in [-0.4, -0.2) is 221 Å². The van der Waals surface area contributed by atoms with Crippen LogP contribution < -0.4 is 0 Å². The van der Waals surface area contributed by atoms with Crippen LogP contribution in [-0.2, 0) is 33.2 Å². The van der Waals surface area contributed by atoms with Crippen molar-refractivity contribution in [2.45, 2.75) is 123 Å². The van der Waals surface area contributed by atoms with Gasteiger partial charge in [0, 0.05) is 0 Å². The summed E-state index contributed by atoms with van der Waals surface area (Å²) < 4.78 is 37.4. The summed E-state index contributed by atoms with van der Waals surface area (Å²) in [7, 11) is 0. The summed E-state index contributed by atoms with van der Waals surface area (Å²) in [6.45, 7) is -3.17.